The average molecular weight is 376 g/mol. The Bertz CT molecular complexity index is 1060. The van der Waals surface area contributed by atoms with Crippen LogP contribution < -0.4 is 5.32 Å². The average Bonchev–Trinajstić information content (AvgIpc) is 3.15. The highest BCUT2D eigenvalue weighted by Crippen LogP contribution is 2.35. The maximum atomic E-state index is 13.0. The Labute approximate surface area is 163 Å². The minimum absolute atomic E-state index is 0.0512. The van der Waals surface area contributed by atoms with Crippen LogP contribution >= 0.6 is 0 Å². The molecule has 1 fully saturated rings. The van der Waals surface area contributed by atoms with Crippen LogP contribution in [-0.4, -0.2) is 49.0 Å². The molecule has 0 aliphatic carbocycles. The first kappa shape index (κ1) is 17.3. The molecule has 3 aromatic rings. The predicted molar refractivity (Wildman–Crippen MR) is 105 cm³/mol. The molecule has 5 rings (SSSR count). The van der Waals surface area contributed by atoms with Gasteiger partial charge < -0.3 is 10.2 Å². The van der Waals surface area contributed by atoms with Crippen LogP contribution in [0, 0.1) is 12.8 Å². The number of nitrogens with zero attached hydrogens (tertiary/aromatic N) is 5. The number of aromatic nitrogens is 4. The summed E-state index contributed by atoms with van der Waals surface area (Å²) in [6, 6.07) is 10.5. The van der Waals surface area contributed by atoms with E-state index in [1.54, 1.807) is 10.7 Å². The van der Waals surface area contributed by atoms with Crippen LogP contribution in [0.5, 0.6) is 0 Å². The second-order valence-corrected chi connectivity index (χ2v) is 8.09. The Hall–Kier alpha value is -2.80. The first-order valence-electron chi connectivity index (χ1n) is 9.85. The van der Waals surface area contributed by atoms with Gasteiger partial charge in [-0.25, -0.2) is 9.50 Å². The Balaban J connectivity index is 1.35. The van der Waals surface area contributed by atoms with Crippen molar-refractivity contribution in [2.24, 2.45) is 5.92 Å². The number of carbonyl (C=O) groups is 1. The van der Waals surface area contributed by atoms with Gasteiger partial charge in [0.2, 0.25) is 5.82 Å². The van der Waals surface area contributed by atoms with E-state index in [2.05, 4.69) is 51.6 Å². The molecule has 1 amide bonds. The van der Waals surface area contributed by atoms with E-state index >= 15 is 0 Å². The van der Waals surface area contributed by atoms with Crippen molar-refractivity contribution in [3.8, 4) is 0 Å². The third-order valence-electron chi connectivity index (χ3n) is 6.43. The van der Waals surface area contributed by atoms with Crippen molar-refractivity contribution in [1.82, 2.24) is 29.8 Å². The number of likely N-dealkylation sites (tertiary alicyclic amines) is 1. The third-order valence-corrected chi connectivity index (χ3v) is 6.43. The van der Waals surface area contributed by atoms with Crippen LogP contribution in [0.15, 0.2) is 36.5 Å². The summed E-state index contributed by atoms with van der Waals surface area (Å²) in [7, 11) is 0. The topological polar surface area (TPSA) is 75.4 Å². The summed E-state index contributed by atoms with van der Waals surface area (Å²) in [5.74, 6) is 0.931. The van der Waals surface area contributed by atoms with E-state index in [9.17, 15) is 4.79 Å². The molecule has 1 aromatic carbocycles. The van der Waals surface area contributed by atoms with E-state index in [0.29, 0.717) is 24.8 Å². The number of carbonyl (C=O) groups excluding carboxylic acids is 1. The number of fused-ring (bicyclic) bond motifs is 2. The molecule has 0 bridgehead atoms. The van der Waals surface area contributed by atoms with E-state index in [0.717, 1.165) is 25.1 Å². The third kappa shape index (κ3) is 2.69. The lowest BCUT2D eigenvalue weighted by atomic mass is 9.72. The molecule has 28 heavy (non-hydrogen) atoms. The van der Waals surface area contributed by atoms with Crippen LogP contribution in [0.2, 0.25) is 0 Å². The number of piperidine rings is 1. The molecule has 4 heterocycles. The largest absolute Gasteiger partial charge is 0.335 e. The van der Waals surface area contributed by atoms with Crippen LogP contribution in [0.3, 0.4) is 0 Å². The minimum atomic E-state index is -0.109. The molecular weight excluding hydrogens is 352 g/mol. The van der Waals surface area contributed by atoms with Gasteiger partial charge in [-0.2, -0.15) is 4.98 Å². The fourth-order valence-corrected chi connectivity index (χ4v) is 4.60. The maximum Gasteiger partial charge on any atom is 0.293 e. The van der Waals surface area contributed by atoms with Gasteiger partial charge in [-0.05, 0) is 42.9 Å². The molecule has 0 saturated carbocycles. The summed E-state index contributed by atoms with van der Waals surface area (Å²) in [5.41, 5.74) is 3.77. The van der Waals surface area contributed by atoms with Crippen molar-refractivity contribution in [3.63, 3.8) is 0 Å². The highest BCUT2D eigenvalue weighted by molar-refractivity contribution is 5.91. The molecule has 7 nitrogen and oxygen atoms in total. The van der Waals surface area contributed by atoms with Crippen molar-refractivity contribution in [1.29, 1.82) is 0 Å². The lowest BCUT2D eigenvalue weighted by molar-refractivity contribution is 0.0461. The van der Waals surface area contributed by atoms with Crippen LogP contribution in [0.25, 0.3) is 5.78 Å². The van der Waals surface area contributed by atoms with Crippen LogP contribution in [-0.2, 0) is 13.0 Å². The van der Waals surface area contributed by atoms with Gasteiger partial charge in [0.1, 0.15) is 0 Å². The summed E-state index contributed by atoms with van der Waals surface area (Å²) >= 11 is 0. The summed E-state index contributed by atoms with van der Waals surface area (Å²) in [6.45, 7) is 6.48. The summed E-state index contributed by atoms with van der Waals surface area (Å²) in [4.78, 5) is 23.5. The van der Waals surface area contributed by atoms with Gasteiger partial charge >= 0.3 is 0 Å². The Morgan fingerprint density at radius 3 is 2.86 bits per heavy atom. The van der Waals surface area contributed by atoms with Crippen molar-refractivity contribution in [2.45, 2.75) is 38.8 Å². The summed E-state index contributed by atoms with van der Waals surface area (Å²) in [5, 5.41) is 8.17. The molecule has 1 N–H and O–H groups in total. The lowest BCUT2D eigenvalue weighted by Gasteiger charge is -2.49. The molecule has 1 saturated heterocycles. The van der Waals surface area contributed by atoms with Gasteiger partial charge in [-0.1, -0.05) is 31.2 Å². The highest BCUT2D eigenvalue weighted by Gasteiger charge is 2.43. The molecule has 7 heteroatoms. The van der Waals surface area contributed by atoms with Crippen LogP contribution in [0.1, 0.15) is 40.8 Å². The summed E-state index contributed by atoms with van der Waals surface area (Å²) < 4.78 is 1.63. The van der Waals surface area contributed by atoms with Crippen molar-refractivity contribution in [2.75, 3.05) is 13.1 Å². The fourth-order valence-electron chi connectivity index (χ4n) is 4.60. The molecule has 2 aromatic heterocycles. The molecule has 0 unspecified atom stereocenters. The number of aryl methyl sites for hydroxylation is 1. The monoisotopic (exact) mass is 376 g/mol. The lowest BCUT2D eigenvalue weighted by Crippen LogP contribution is -2.62. The smallest absolute Gasteiger partial charge is 0.293 e. The molecule has 2 atom stereocenters. The molecule has 2 aliphatic rings. The van der Waals surface area contributed by atoms with Crippen molar-refractivity contribution >= 4 is 11.7 Å². The fraction of sp³-hybridized carbons (Fsp3) is 0.429. The zero-order valence-corrected chi connectivity index (χ0v) is 16.2. The number of rotatable bonds is 1. The first-order chi connectivity index (χ1) is 13.6. The van der Waals surface area contributed by atoms with Gasteiger partial charge in [0.25, 0.3) is 11.7 Å². The standard InChI is InChI=1S/C21H24N6O/c1-14-13-26(19(28)18-24-20-22-9-7-15(2)27(20)25-18)10-8-21(14)11-16-5-3-4-6-17(16)12-23-21/h3-7,9,14,23H,8,10-13H2,1-2H3/t14-,21+/m1/s1. The van der Waals surface area contributed by atoms with Crippen molar-refractivity contribution < 1.29 is 4.79 Å². The van der Waals surface area contributed by atoms with Crippen molar-refractivity contribution in [3.05, 3.63) is 59.2 Å². The number of amides is 1. The first-order valence-corrected chi connectivity index (χ1v) is 9.85. The minimum Gasteiger partial charge on any atom is -0.335 e. The SMILES string of the molecule is Cc1ccnc2nc(C(=O)N3CC[C@]4(Cc5ccccc5CN4)[C@H](C)C3)nn12. The van der Waals surface area contributed by atoms with Gasteiger partial charge in [0, 0.05) is 37.1 Å². The number of hydrogen-bond acceptors (Lipinski definition) is 5. The second-order valence-electron chi connectivity index (χ2n) is 8.09. The van der Waals surface area contributed by atoms with E-state index < -0.39 is 0 Å². The van der Waals surface area contributed by atoms with E-state index in [1.165, 1.54) is 11.1 Å². The molecular formula is C21H24N6O. The molecule has 1 spiro atoms. The van der Waals surface area contributed by atoms with Gasteiger partial charge in [0.05, 0.1) is 0 Å². The van der Waals surface area contributed by atoms with E-state index in [-0.39, 0.29) is 17.3 Å². The number of nitrogens with one attached hydrogen (secondary N) is 1. The summed E-state index contributed by atoms with van der Waals surface area (Å²) in [6.07, 6.45) is 3.63. The van der Waals surface area contributed by atoms with E-state index in [1.807, 2.05) is 17.9 Å². The normalized spacial score (nSPS) is 24.5. The predicted octanol–water partition coefficient (Wildman–Crippen LogP) is 2.00. The number of benzene rings is 1. The Morgan fingerprint density at radius 2 is 2.07 bits per heavy atom. The second kappa shape index (κ2) is 6.38. The maximum absolute atomic E-state index is 13.0. The Morgan fingerprint density at radius 1 is 1.25 bits per heavy atom. The zero-order chi connectivity index (χ0) is 19.3. The number of hydrogen-bond donors (Lipinski definition) is 1. The quantitative estimate of drug-likeness (QED) is 0.703. The Kier molecular flexibility index (Phi) is 3.94. The van der Waals surface area contributed by atoms with E-state index in [4.69, 9.17) is 0 Å². The molecule has 144 valence electrons. The zero-order valence-electron chi connectivity index (χ0n) is 16.2. The highest BCUT2D eigenvalue weighted by atomic mass is 16.2. The van der Waals surface area contributed by atoms with Gasteiger partial charge in [-0.15, -0.1) is 5.10 Å². The molecule has 0 radical (unpaired) electrons. The van der Waals surface area contributed by atoms with Gasteiger partial charge in [-0.3, -0.25) is 4.79 Å². The van der Waals surface area contributed by atoms with Gasteiger partial charge in [0.15, 0.2) is 0 Å². The van der Waals surface area contributed by atoms with Crippen LogP contribution in [0.4, 0.5) is 0 Å². The molecule has 2 aliphatic heterocycles.